The minimum atomic E-state index is -1.01. The molecule has 4 N–H and O–H groups in total. The summed E-state index contributed by atoms with van der Waals surface area (Å²) in [6.07, 6.45) is 7.48. The molecule has 0 aromatic rings. The molecule has 5 aliphatic carbocycles. The summed E-state index contributed by atoms with van der Waals surface area (Å²) in [6.45, 7) is 13.7. The minimum Gasteiger partial charge on any atom is -0.396 e. The maximum absolute atomic E-state index is 11.8. The molecule has 0 aromatic heterocycles. The molecule has 4 fully saturated rings. The molecule has 0 heterocycles. The maximum atomic E-state index is 11.8. The summed E-state index contributed by atoms with van der Waals surface area (Å²) in [7, 11) is 0. The lowest BCUT2D eigenvalue weighted by Gasteiger charge is -2.72. The van der Waals surface area contributed by atoms with Crippen LogP contribution in [0, 0.1) is 57.2 Å². The van der Waals surface area contributed by atoms with Crippen molar-refractivity contribution in [1.29, 1.82) is 0 Å². The number of hydrogen-bond acceptors (Lipinski definition) is 4. The molecular weight excluding hydrogens is 412 g/mol. The molecule has 4 nitrogen and oxygen atoms in total. The van der Waals surface area contributed by atoms with Gasteiger partial charge >= 0.3 is 0 Å². The van der Waals surface area contributed by atoms with Crippen molar-refractivity contribution in [2.75, 3.05) is 6.61 Å². The lowest BCUT2D eigenvalue weighted by molar-refractivity contribution is -0.272. The Morgan fingerprint density at radius 1 is 0.939 bits per heavy atom. The Kier molecular flexibility index (Phi) is 5.55. The molecule has 0 aliphatic heterocycles. The first kappa shape index (κ1) is 24.3. The number of rotatable bonds is 1. The first-order chi connectivity index (χ1) is 15.3. The third-order valence-electron chi connectivity index (χ3n) is 12.8. The molecule has 10 unspecified atom stereocenters. The summed E-state index contributed by atoms with van der Waals surface area (Å²) in [4.78, 5) is 0. The van der Waals surface area contributed by atoms with E-state index in [1.807, 2.05) is 6.92 Å². The van der Waals surface area contributed by atoms with Crippen molar-refractivity contribution in [2.24, 2.45) is 57.2 Å². The average molecular weight is 461 g/mol. The third kappa shape index (κ3) is 2.90. The highest BCUT2D eigenvalue weighted by Gasteiger charge is 2.71. The van der Waals surface area contributed by atoms with Crippen molar-refractivity contribution < 1.29 is 20.4 Å². The van der Waals surface area contributed by atoms with E-state index in [0.717, 1.165) is 18.3 Å². The van der Waals surface area contributed by atoms with Crippen LogP contribution in [0.25, 0.3) is 0 Å². The Morgan fingerprint density at radius 3 is 2.30 bits per heavy atom. The molecule has 5 aliphatic rings. The molecule has 4 heteroatoms. The van der Waals surface area contributed by atoms with Crippen LogP contribution in [0.4, 0.5) is 0 Å². The first-order valence-electron chi connectivity index (χ1n) is 13.7. The van der Waals surface area contributed by atoms with Gasteiger partial charge in [-0.1, -0.05) is 59.6 Å². The van der Waals surface area contributed by atoms with E-state index >= 15 is 0 Å². The van der Waals surface area contributed by atoms with Crippen LogP contribution in [0.1, 0.15) is 86.5 Å². The van der Waals surface area contributed by atoms with Gasteiger partial charge in [0, 0.05) is 11.3 Å². The topological polar surface area (TPSA) is 80.9 Å². The molecule has 4 saturated carbocycles. The Hall–Kier alpha value is -0.420. The van der Waals surface area contributed by atoms with Gasteiger partial charge in [-0.05, 0) is 84.4 Å². The predicted octanol–water partition coefficient (Wildman–Crippen LogP) is 4.55. The van der Waals surface area contributed by atoms with Gasteiger partial charge in [0.25, 0.3) is 0 Å². The van der Waals surface area contributed by atoms with E-state index in [-0.39, 0.29) is 28.8 Å². The number of aliphatic hydroxyl groups excluding tert-OH is 4. The van der Waals surface area contributed by atoms with Crippen molar-refractivity contribution in [2.45, 2.75) is 105 Å². The van der Waals surface area contributed by atoms with E-state index in [1.165, 1.54) is 25.7 Å². The highest BCUT2D eigenvalue weighted by molar-refractivity contribution is 5.33. The number of fused-ring (bicyclic) bond motifs is 7. The van der Waals surface area contributed by atoms with Gasteiger partial charge in [-0.3, -0.25) is 0 Å². The fraction of sp³-hybridized carbons (Fsp3) is 0.931. The van der Waals surface area contributed by atoms with Crippen molar-refractivity contribution in [1.82, 2.24) is 0 Å². The van der Waals surface area contributed by atoms with E-state index < -0.39 is 23.7 Å². The summed E-state index contributed by atoms with van der Waals surface area (Å²) in [5.41, 5.74) is 0.422. The summed E-state index contributed by atoms with van der Waals surface area (Å²) in [6, 6.07) is 0. The monoisotopic (exact) mass is 460 g/mol. The fourth-order valence-electron chi connectivity index (χ4n) is 10.8. The van der Waals surface area contributed by atoms with Gasteiger partial charge in [0.2, 0.25) is 0 Å². The Balaban J connectivity index is 1.62. The zero-order valence-corrected chi connectivity index (χ0v) is 21.7. The second kappa shape index (κ2) is 7.54. The zero-order chi connectivity index (χ0) is 24.1. The summed E-state index contributed by atoms with van der Waals surface area (Å²) in [5, 5.41) is 44.0. The van der Waals surface area contributed by atoms with Crippen LogP contribution in [0.2, 0.25) is 0 Å². The average Bonchev–Trinajstić information content (AvgIpc) is 2.74. The molecule has 0 aromatic carbocycles. The smallest absolute Gasteiger partial charge is 0.0878 e. The van der Waals surface area contributed by atoms with E-state index in [2.05, 4.69) is 40.7 Å². The van der Waals surface area contributed by atoms with Crippen LogP contribution in [0.5, 0.6) is 0 Å². The van der Waals surface area contributed by atoms with Crippen LogP contribution in [-0.2, 0) is 0 Å². The van der Waals surface area contributed by atoms with Crippen molar-refractivity contribution in [3.8, 4) is 0 Å². The quantitative estimate of drug-likeness (QED) is 0.433. The van der Waals surface area contributed by atoms with Crippen LogP contribution < -0.4 is 0 Å². The highest BCUT2D eigenvalue weighted by atomic mass is 16.3. The van der Waals surface area contributed by atoms with E-state index in [9.17, 15) is 20.4 Å². The van der Waals surface area contributed by atoms with Gasteiger partial charge in [-0.2, -0.15) is 0 Å². The van der Waals surface area contributed by atoms with Gasteiger partial charge in [0.1, 0.15) is 0 Å². The molecule has 0 bridgehead atoms. The summed E-state index contributed by atoms with van der Waals surface area (Å²) in [5.74, 6) is 3.02. The number of allylic oxidation sites excluding steroid dienone is 2. The molecule has 33 heavy (non-hydrogen) atoms. The van der Waals surface area contributed by atoms with Crippen molar-refractivity contribution in [3.05, 3.63) is 11.6 Å². The summed E-state index contributed by atoms with van der Waals surface area (Å²) >= 11 is 0. The van der Waals surface area contributed by atoms with E-state index in [1.54, 1.807) is 5.57 Å². The molecule has 13 atom stereocenters. The van der Waals surface area contributed by atoms with Gasteiger partial charge in [-0.15, -0.1) is 0 Å². The fourth-order valence-corrected chi connectivity index (χ4v) is 10.8. The van der Waals surface area contributed by atoms with Gasteiger partial charge in [0.15, 0.2) is 0 Å². The lowest BCUT2D eigenvalue weighted by Crippen LogP contribution is -2.71. The SMILES string of the molecule is CC1CCC2CCC3(C)C(=CCC4C3(C)CC(O)C3C(C)(CO)C(O)C(O)C[C@@]34C)[C@@H]2[C@@H]1C. The van der Waals surface area contributed by atoms with Gasteiger partial charge in [-0.25, -0.2) is 0 Å². The van der Waals surface area contributed by atoms with E-state index in [4.69, 9.17) is 0 Å². The predicted molar refractivity (Wildman–Crippen MR) is 130 cm³/mol. The molecule has 0 saturated heterocycles. The van der Waals surface area contributed by atoms with Gasteiger partial charge < -0.3 is 20.4 Å². The Morgan fingerprint density at radius 2 is 1.64 bits per heavy atom. The second-order valence-electron chi connectivity index (χ2n) is 14.1. The number of aliphatic hydroxyl groups is 4. The van der Waals surface area contributed by atoms with Crippen LogP contribution >= 0.6 is 0 Å². The standard InChI is InChI=1S/C29H48O4/c1-16-7-8-18-11-12-28(5)19(23(18)17(16)2)9-10-22-26(3)13-21(32)25(33)27(4,15-30)24(26)20(31)14-29(22,28)6/h9,16-18,20-25,30-33H,7-8,10-15H2,1-6H3/t16?,17-,18?,20?,21?,22?,23-,24?,25?,26-,27?,28?,29?/m1/s1. The van der Waals surface area contributed by atoms with Crippen LogP contribution in [0.3, 0.4) is 0 Å². The van der Waals surface area contributed by atoms with E-state index in [0.29, 0.717) is 30.6 Å². The molecule has 5 rings (SSSR count). The second-order valence-corrected chi connectivity index (χ2v) is 14.1. The maximum Gasteiger partial charge on any atom is 0.0878 e. The first-order valence-corrected chi connectivity index (χ1v) is 13.7. The van der Waals surface area contributed by atoms with Crippen molar-refractivity contribution >= 4 is 0 Å². The highest BCUT2D eigenvalue weighted by Crippen LogP contribution is 2.74. The van der Waals surface area contributed by atoms with Crippen LogP contribution in [-0.4, -0.2) is 45.3 Å². The molecule has 0 radical (unpaired) electrons. The molecule has 0 spiro atoms. The Bertz CT molecular complexity index is 822. The normalized spacial score (nSPS) is 60.7. The number of hydrogen-bond donors (Lipinski definition) is 4. The third-order valence-corrected chi connectivity index (χ3v) is 12.8. The van der Waals surface area contributed by atoms with Crippen LogP contribution in [0.15, 0.2) is 11.6 Å². The molecule has 188 valence electrons. The Labute approximate surface area is 200 Å². The van der Waals surface area contributed by atoms with Gasteiger partial charge in [0.05, 0.1) is 24.9 Å². The molecular formula is C29H48O4. The largest absolute Gasteiger partial charge is 0.396 e. The lowest BCUT2D eigenvalue weighted by atomic mass is 9.33. The summed E-state index contributed by atoms with van der Waals surface area (Å²) < 4.78 is 0. The zero-order valence-electron chi connectivity index (χ0n) is 21.7. The molecule has 0 amide bonds. The van der Waals surface area contributed by atoms with Crippen molar-refractivity contribution in [3.63, 3.8) is 0 Å². The minimum absolute atomic E-state index is 0.0496.